The molecule has 0 aliphatic heterocycles. The van der Waals surface area contributed by atoms with Gasteiger partial charge in [0.25, 0.3) is 5.56 Å². The summed E-state index contributed by atoms with van der Waals surface area (Å²) in [6.07, 6.45) is 0. The quantitative estimate of drug-likeness (QED) is 0.403. The van der Waals surface area contributed by atoms with Gasteiger partial charge in [0.15, 0.2) is 11.2 Å². The molecule has 0 saturated heterocycles. The van der Waals surface area contributed by atoms with Crippen LogP contribution in [0.4, 0.5) is 0 Å². The first-order valence-corrected chi connectivity index (χ1v) is 10.3. The van der Waals surface area contributed by atoms with E-state index in [9.17, 15) is 14.4 Å². The summed E-state index contributed by atoms with van der Waals surface area (Å²) < 4.78 is 21.5. The minimum absolute atomic E-state index is 0.149. The molecule has 4 rings (SSSR count). The molecule has 11 heteroatoms. The largest absolute Gasteiger partial charge is 0.497 e. The number of hydrogen-bond donors (Lipinski definition) is 0. The number of aromatic nitrogens is 5. The average molecular weight is 455 g/mol. The molecule has 4 aromatic rings. The molecule has 0 bridgehead atoms. The Labute approximate surface area is 188 Å². The zero-order valence-electron chi connectivity index (χ0n) is 19.3. The van der Waals surface area contributed by atoms with Gasteiger partial charge in [-0.05, 0) is 32.9 Å². The van der Waals surface area contributed by atoms with Gasteiger partial charge in [0.2, 0.25) is 5.78 Å². The van der Waals surface area contributed by atoms with Gasteiger partial charge in [0, 0.05) is 24.5 Å². The second-order valence-corrected chi connectivity index (χ2v) is 7.50. The normalized spacial score (nSPS) is 11.3. The lowest BCUT2D eigenvalue weighted by atomic mass is 10.2. The summed E-state index contributed by atoms with van der Waals surface area (Å²) in [4.78, 5) is 42.9. The monoisotopic (exact) mass is 455 g/mol. The zero-order chi connectivity index (χ0) is 24.0. The van der Waals surface area contributed by atoms with Crippen LogP contribution >= 0.6 is 0 Å². The molecule has 1 aromatic carbocycles. The SMILES string of the molecule is CCOC(=O)Cn1c(=O)c2c(nc3n(-c4cc(OC)ccc4OC)c(C)c(C)n23)n(C)c1=O. The van der Waals surface area contributed by atoms with Gasteiger partial charge in [0.1, 0.15) is 18.0 Å². The van der Waals surface area contributed by atoms with Gasteiger partial charge in [-0.25, -0.2) is 9.36 Å². The highest BCUT2D eigenvalue weighted by molar-refractivity contribution is 5.78. The van der Waals surface area contributed by atoms with E-state index in [1.54, 1.807) is 37.7 Å². The van der Waals surface area contributed by atoms with Crippen molar-refractivity contribution in [2.45, 2.75) is 27.3 Å². The number of nitrogens with zero attached hydrogens (tertiary/aromatic N) is 5. The number of esters is 1. The van der Waals surface area contributed by atoms with Crippen molar-refractivity contribution in [3.05, 3.63) is 50.4 Å². The van der Waals surface area contributed by atoms with Crippen molar-refractivity contribution in [1.29, 1.82) is 0 Å². The number of carbonyl (C=O) groups is 1. The maximum atomic E-state index is 13.4. The van der Waals surface area contributed by atoms with Gasteiger partial charge in [-0.15, -0.1) is 0 Å². The summed E-state index contributed by atoms with van der Waals surface area (Å²) >= 11 is 0. The number of aryl methyl sites for hydroxylation is 2. The third kappa shape index (κ3) is 3.27. The average Bonchev–Trinajstić information content (AvgIpc) is 3.30. The first-order valence-electron chi connectivity index (χ1n) is 10.3. The summed E-state index contributed by atoms with van der Waals surface area (Å²) in [5.41, 5.74) is 1.36. The molecule has 0 N–H and O–H groups in total. The molecule has 174 valence electrons. The van der Waals surface area contributed by atoms with Gasteiger partial charge >= 0.3 is 11.7 Å². The van der Waals surface area contributed by atoms with Gasteiger partial charge < -0.3 is 14.2 Å². The van der Waals surface area contributed by atoms with E-state index in [1.807, 2.05) is 24.5 Å². The van der Waals surface area contributed by atoms with Crippen molar-refractivity contribution in [3.8, 4) is 17.2 Å². The lowest BCUT2D eigenvalue weighted by molar-refractivity contribution is -0.143. The van der Waals surface area contributed by atoms with Crippen LogP contribution in [0.1, 0.15) is 18.3 Å². The summed E-state index contributed by atoms with van der Waals surface area (Å²) in [6.45, 7) is 5.08. The number of fused-ring (bicyclic) bond motifs is 3. The Morgan fingerprint density at radius 1 is 1.09 bits per heavy atom. The standard InChI is InChI=1S/C22H25N5O6/c1-7-33-17(28)11-25-20(29)18-19(24(4)22(25)30)23-21-26(12(2)13(3)27(18)21)15-10-14(31-5)8-9-16(15)32-6/h8-10H,7,11H2,1-6H3. The Morgan fingerprint density at radius 3 is 2.45 bits per heavy atom. The number of carbonyl (C=O) groups excluding carboxylic acids is 1. The molecule has 0 amide bonds. The van der Waals surface area contributed by atoms with Crippen LogP contribution in [0.3, 0.4) is 0 Å². The fourth-order valence-electron chi connectivity index (χ4n) is 3.99. The van der Waals surface area contributed by atoms with E-state index in [0.717, 1.165) is 16.0 Å². The molecule has 33 heavy (non-hydrogen) atoms. The Hall–Kier alpha value is -4.02. The molecule has 0 fully saturated rings. The van der Waals surface area contributed by atoms with Crippen molar-refractivity contribution in [1.82, 2.24) is 23.1 Å². The number of ether oxygens (including phenoxy) is 3. The van der Waals surface area contributed by atoms with Gasteiger partial charge in [-0.2, -0.15) is 4.98 Å². The van der Waals surface area contributed by atoms with Gasteiger partial charge in [-0.1, -0.05) is 0 Å². The topological polar surface area (TPSA) is 111 Å². The van der Waals surface area contributed by atoms with Crippen LogP contribution < -0.4 is 20.7 Å². The Balaban J connectivity index is 2.10. The fraction of sp³-hybridized carbons (Fsp3) is 0.364. The number of methoxy groups -OCH3 is 2. The second-order valence-electron chi connectivity index (χ2n) is 7.50. The summed E-state index contributed by atoms with van der Waals surface area (Å²) in [6, 6.07) is 5.37. The van der Waals surface area contributed by atoms with E-state index in [1.165, 1.54) is 11.6 Å². The number of benzene rings is 1. The molecule has 11 nitrogen and oxygen atoms in total. The summed E-state index contributed by atoms with van der Waals surface area (Å²) in [5.74, 6) is 0.961. The lowest BCUT2D eigenvalue weighted by Gasteiger charge is -2.13. The van der Waals surface area contributed by atoms with E-state index in [0.29, 0.717) is 23.0 Å². The number of imidazole rings is 2. The maximum Gasteiger partial charge on any atom is 0.333 e. The third-order valence-electron chi connectivity index (χ3n) is 5.74. The molecule has 0 atom stereocenters. The molecule has 0 aliphatic rings. The third-order valence-corrected chi connectivity index (χ3v) is 5.74. The highest BCUT2D eigenvalue weighted by Gasteiger charge is 2.25. The Kier molecular flexibility index (Phi) is 5.48. The van der Waals surface area contributed by atoms with E-state index in [4.69, 9.17) is 14.2 Å². The minimum atomic E-state index is -0.664. The molecule has 0 radical (unpaired) electrons. The smallest absolute Gasteiger partial charge is 0.333 e. The molecule has 0 saturated carbocycles. The van der Waals surface area contributed by atoms with Crippen molar-refractivity contribution in [2.75, 3.05) is 20.8 Å². The van der Waals surface area contributed by atoms with Crippen LogP contribution in [0, 0.1) is 13.8 Å². The number of rotatable bonds is 6. The van der Waals surface area contributed by atoms with E-state index in [-0.39, 0.29) is 17.8 Å². The molecular formula is C22H25N5O6. The van der Waals surface area contributed by atoms with Crippen molar-refractivity contribution in [3.63, 3.8) is 0 Å². The second kappa shape index (κ2) is 8.15. The summed E-state index contributed by atoms with van der Waals surface area (Å²) in [7, 11) is 4.64. The molecule has 0 unspecified atom stereocenters. The van der Waals surface area contributed by atoms with Crippen LogP contribution in [0.2, 0.25) is 0 Å². The van der Waals surface area contributed by atoms with Gasteiger partial charge in [-0.3, -0.25) is 23.1 Å². The van der Waals surface area contributed by atoms with E-state index in [2.05, 4.69) is 4.98 Å². The van der Waals surface area contributed by atoms with Crippen LogP contribution in [0.15, 0.2) is 27.8 Å². The fourth-order valence-corrected chi connectivity index (χ4v) is 3.99. The Bertz CT molecular complexity index is 1520. The maximum absolute atomic E-state index is 13.4. The first kappa shape index (κ1) is 22.2. The predicted octanol–water partition coefficient (Wildman–Crippen LogP) is 1.34. The summed E-state index contributed by atoms with van der Waals surface area (Å²) in [5, 5.41) is 0. The van der Waals surface area contributed by atoms with E-state index < -0.39 is 23.8 Å². The van der Waals surface area contributed by atoms with Crippen molar-refractivity contribution in [2.24, 2.45) is 7.05 Å². The predicted molar refractivity (Wildman–Crippen MR) is 121 cm³/mol. The van der Waals surface area contributed by atoms with Crippen LogP contribution in [0.5, 0.6) is 11.5 Å². The lowest BCUT2D eigenvalue weighted by Crippen LogP contribution is -2.41. The van der Waals surface area contributed by atoms with E-state index >= 15 is 0 Å². The Morgan fingerprint density at radius 2 is 1.82 bits per heavy atom. The van der Waals surface area contributed by atoms with Crippen molar-refractivity contribution < 1.29 is 19.0 Å². The first-order chi connectivity index (χ1) is 15.7. The van der Waals surface area contributed by atoms with Gasteiger partial charge in [0.05, 0.1) is 26.5 Å². The van der Waals surface area contributed by atoms with Crippen LogP contribution in [-0.4, -0.2) is 49.9 Å². The molecule has 0 spiro atoms. The molecule has 3 heterocycles. The highest BCUT2D eigenvalue weighted by Crippen LogP contribution is 2.32. The molecule has 0 aliphatic carbocycles. The molecule has 3 aromatic heterocycles. The highest BCUT2D eigenvalue weighted by atomic mass is 16.5. The van der Waals surface area contributed by atoms with Crippen molar-refractivity contribution >= 4 is 22.9 Å². The minimum Gasteiger partial charge on any atom is -0.497 e. The van der Waals surface area contributed by atoms with Crippen LogP contribution in [-0.2, 0) is 23.1 Å². The van der Waals surface area contributed by atoms with Crippen LogP contribution in [0.25, 0.3) is 22.6 Å². The molecular weight excluding hydrogens is 430 g/mol. The zero-order valence-corrected chi connectivity index (χ0v) is 19.3. The number of hydrogen-bond acceptors (Lipinski definition) is 7.